The van der Waals surface area contributed by atoms with Gasteiger partial charge in [-0.2, -0.15) is 31.6 Å². The third-order valence-corrected chi connectivity index (χ3v) is 13.6. The van der Waals surface area contributed by atoms with Crippen LogP contribution in [0.5, 0.6) is 5.88 Å². The average Bonchev–Trinajstić information content (AvgIpc) is 4.00. The zero-order chi connectivity index (χ0) is 55.2. The van der Waals surface area contributed by atoms with E-state index in [2.05, 4.69) is 20.6 Å². The summed E-state index contributed by atoms with van der Waals surface area (Å²) in [5.74, 6) is -5.37. The van der Waals surface area contributed by atoms with Crippen LogP contribution in [0.15, 0.2) is 54.2 Å². The number of aliphatic hydroxyl groups excluding tert-OH is 1. The maximum Gasteiger partial charge on any atom is 0.421 e. The summed E-state index contributed by atoms with van der Waals surface area (Å²) in [5, 5.41) is 24.6. The molecule has 404 valence electrons. The van der Waals surface area contributed by atoms with Gasteiger partial charge in [0, 0.05) is 39.3 Å². The molecule has 2 aliphatic rings. The summed E-state index contributed by atoms with van der Waals surface area (Å²) < 4.78 is 116. The first-order chi connectivity index (χ1) is 35.2. The fourth-order valence-corrected chi connectivity index (χ4v) is 9.75. The summed E-state index contributed by atoms with van der Waals surface area (Å²) in [6.07, 6.45) is -9.39. The predicted octanol–water partition coefficient (Wildman–Crippen LogP) is 7.87. The van der Waals surface area contributed by atoms with Crippen molar-refractivity contribution < 1.29 is 69.2 Å². The molecule has 2 aliphatic heterocycles. The maximum absolute atomic E-state index is 15.4. The number of thiazole rings is 1. The minimum absolute atomic E-state index is 0.0302. The SMILES string of the molecule is Cc1ncsc1-c1ccc(CNC(=O)[C@@H]2C[C@@H](O)CN2C(=O)[C@@H](NC(=O)COCCCOCCCCOc2ncc(N3C(=S)N(c4ccc(C#N)c(C(F)(F)F)c4F)C(=O)C3(C)C)cc2C(F)(F)F)C(C)(C)C)cc1. The molecule has 0 radical (unpaired) electrons. The summed E-state index contributed by atoms with van der Waals surface area (Å²) in [5.41, 5.74) is -3.76. The number of amides is 4. The van der Waals surface area contributed by atoms with Crippen LogP contribution in [0, 0.1) is 29.5 Å². The fraction of sp³-hybridized carbons (Fsp3) is 0.480. The predicted molar refractivity (Wildman–Crippen MR) is 265 cm³/mol. The number of halogens is 7. The lowest BCUT2D eigenvalue weighted by Gasteiger charge is -2.35. The average molecular weight is 1090 g/mol. The second-order valence-corrected chi connectivity index (χ2v) is 20.5. The van der Waals surface area contributed by atoms with Crippen LogP contribution in [-0.2, 0) is 47.5 Å². The van der Waals surface area contributed by atoms with Crippen molar-refractivity contribution in [2.45, 2.75) is 110 Å². The third-order valence-electron chi connectivity index (χ3n) is 12.3. The van der Waals surface area contributed by atoms with E-state index in [0.29, 0.717) is 29.9 Å². The van der Waals surface area contributed by atoms with Crippen LogP contribution in [0.4, 0.5) is 42.1 Å². The number of alkyl halides is 6. The smallest absolute Gasteiger partial charge is 0.421 e. The minimum Gasteiger partial charge on any atom is -0.477 e. The van der Waals surface area contributed by atoms with Gasteiger partial charge in [0.25, 0.3) is 5.91 Å². The molecule has 75 heavy (non-hydrogen) atoms. The molecule has 0 bridgehead atoms. The molecular formula is C50H55F7N8O8S2. The van der Waals surface area contributed by atoms with Crippen molar-refractivity contribution in [2.24, 2.45) is 5.41 Å². The Hall–Kier alpha value is -6.33. The monoisotopic (exact) mass is 1090 g/mol. The first-order valence-corrected chi connectivity index (χ1v) is 24.8. The lowest BCUT2D eigenvalue weighted by Crippen LogP contribution is -2.58. The molecule has 16 nitrogen and oxygen atoms in total. The van der Waals surface area contributed by atoms with Gasteiger partial charge >= 0.3 is 12.4 Å². The number of rotatable bonds is 20. The molecule has 25 heteroatoms. The van der Waals surface area contributed by atoms with E-state index in [1.165, 1.54) is 36.2 Å². The molecule has 4 aromatic rings. The number of hydrogen-bond donors (Lipinski definition) is 3. The number of hydrogen-bond acceptors (Lipinski definition) is 13. The van der Waals surface area contributed by atoms with Crippen molar-refractivity contribution in [2.75, 3.05) is 49.4 Å². The molecular weight excluding hydrogens is 1040 g/mol. The number of thiocarbonyl (C=S) groups is 1. The first kappa shape index (κ1) is 57.9. The molecule has 0 aliphatic carbocycles. The van der Waals surface area contributed by atoms with Crippen LogP contribution in [0.3, 0.4) is 0 Å². The van der Waals surface area contributed by atoms with Crippen LogP contribution in [0.2, 0.25) is 0 Å². The van der Waals surface area contributed by atoms with E-state index >= 15 is 4.39 Å². The molecule has 0 spiro atoms. The van der Waals surface area contributed by atoms with Gasteiger partial charge < -0.3 is 39.8 Å². The lowest BCUT2D eigenvalue weighted by atomic mass is 9.85. The van der Waals surface area contributed by atoms with E-state index in [1.807, 2.05) is 31.2 Å². The fourth-order valence-electron chi connectivity index (χ4n) is 8.42. The van der Waals surface area contributed by atoms with Gasteiger partial charge in [0.15, 0.2) is 10.9 Å². The number of nitrogens with zero attached hydrogens (tertiary/aromatic N) is 6. The lowest BCUT2D eigenvalue weighted by molar-refractivity contribution is -0.144. The van der Waals surface area contributed by atoms with E-state index in [1.54, 1.807) is 26.3 Å². The Morgan fingerprint density at radius 2 is 1.64 bits per heavy atom. The van der Waals surface area contributed by atoms with Gasteiger partial charge in [-0.15, -0.1) is 11.3 Å². The van der Waals surface area contributed by atoms with Gasteiger partial charge in [0.1, 0.15) is 35.4 Å². The van der Waals surface area contributed by atoms with Gasteiger partial charge in [0.05, 0.1) is 58.0 Å². The van der Waals surface area contributed by atoms with Crippen LogP contribution in [0.25, 0.3) is 10.4 Å². The Morgan fingerprint density at radius 1 is 0.973 bits per heavy atom. The Kier molecular flexibility index (Phi) is 18.3. The number of carbonyl (C=O) groups is 4. The van der Waals surface area contributed by atoms with Gasteiger partial charge in [-0.25, -0.2) is 14.4 Å². The highest BCUT2D eigenvalue weighted by Crippen LogP contribution is 2.44. The second kappa shape index (κ2) is 23.7. The van der Waals surface area contributed by atoms with Gasteiger partial charge in [0.2, 0.25) is 23.6 Å². The second-order valence-electron chi connectivity index (χ2n) is 19.3. The summed E-state index contributed by atoms with van der Waals surface area (Å²) >= 11 is 6.87. The van der Waals surface area contributed by atoms with Crippen molar-refractivity contribution >= 4 is 63.7 Å². The number of nitrogens with one attached hydrogen (secondary N) is 2. The van der Waals surface area contributed by atoms with Crippen molar-refractivity contribution in [3.8, 4) is 22.4 Å². The number of aromatic nitrogens is 2. The highest BCUT2D eigenvalue weighted by molar-refractivity contribution is 7.81. The Balaban J connectivity index is 0.922. The standard InChI is InChI=1S/C50H55F7N8O8S2/c1-28-40(75-27-61-28)30-12-10-29(11-13-30)23-59-42(68)36-21-33(66)25-63(36)44(69)41(47(2,3)4)62-37(67)26-72-18-9-17-71-16-7-8-19-73-43-34(49(52,53)54)20-32(24-60-43)65-46(74)64(45(70)48(65,5)6)35-15-14-31(22-58)38(39(35)51)50(55,56)57/h10-15,20,24,27,33,36,41,66H,7-9,16-19,21,23,25-26H2,1-6H3,(H,59,68)(H,62,67)/t33-,36+,41-/m1/s1. The Labute approximate surface area is 437 Å². The molecule has 0 unspecified atom stereocenters. The van der Waals surface area contributed by atoms with E-state index < -0.39 is 104 Å². The maximum atomic E-state index is 15.4. The van der Waals surface area contributed by atoms with Gasteiger partial charge in [-0.3, -0.25) is 24.1 Å². The van der Waals surface area contributed by atoms with Crippen LogP contribution in [-0.4, -0.2) is 112 Å². The number of β-amino-alcohol motifs (C(OH)–C–C–N with tert-alkyl or cyclic N) is 1. The van der Waals surface area contributed by atoms with Gasteiger partial charge in [-0.1, -0.05) is 45.0 Å². The Bertz CT molecular complexity index is 2800. The van der Waals surface area contributed by atoms with Crippen LogP contribution >= 0.6 is 23.6 Å². The van der Waals surface area contributed by atoms with Crippen LogP contribution in [0.1, 0.15) is 88.2 Å². The summed E-state index contributed by atoms with van der Waals surface area (Å²) in [7, 11) is 0. The first-order valence-electron chi connectivity index (χ1n) is 23.6. The van der Waals surface area contributed by atoms with Gasteiger partial charge in [-0.05, 0) is 87.0 Å². The summed E-state index contributed by atoms with van der Waals surface area (Å²) in [6.45, 7) is 9.69. The van der Waals surface area contributed by atoms with Crippen molar-refractivity contribution in [3.05, 3.63) is 87.9 Å². The molecule has 0 saturated carbocycles. The number of carbonyl (C=O) groups excluding carboxylic acids is 4. The normalized spacial score (nSPS) is 17.3. The summed E-state index contributed by atoms with van der Waals surface area (Å²) in [6, 6.07) is 8.93. The zero-order valence-electron chi connectivity index (χ0n) is 41.7. The number of benzene rings is 2. The number of ether oxygens (including phenoxy) is 3. The molecule has 3 atom stereocenters. The number of pyridine rings is 1. The van der Waals surface area contributed by atoms with E-state index in [-0.39, 0.29) is 64.7 Å². The van der Waals surface area contributed by atoms with Crippen molar-refractivity contribution in [1.82, 2.24) is 25.5 Å². The van der Waals surface area contributed by atoms with Crippen molar-refractivity contribution in [3.63, 3.8) is 0 Å². The molecule has 6 rings (SSSR count). The number of aliphatic hydroxyl groups is 1. The van der Waals surface area contributed by atoms with Crippen LogP contribution < -0.4 is 25.2 Å². The molecule has 2 aromatic heterocycles. The highest BCUT2D eigenvalue weighted by atomic mass is 32.1. The topological polar surface area (TPSA) is 200 Å². The van der Waals surface area contributed by atoms with E-state index in [4.69, 9.17) is 31.7 Å². The minimum atomic E-state index is -5.33. The molecule has 2 aromatic carbocycles. The number of anilines is 2. The number of likely N-dealkylation sites (tertiary alicyclic amines) is 1. The van der Waals surface area contributed by atoms with E-state index in [0.717, 1.165) is 38.9 Å². The Morgan fingerprint density at radius 3 is 2.27 bits per heavy atom. The number of nitriles is 1. The largest absolute Gasteiger partial charge is 0.477 e. The molecule has 2 fully saturated rings. The summed E-state index contributed by atoms with van der Waals surface area (Å²) in [4.78, 5) is 65.7. The quantitative estimate of drug-likeness (QED) is 0.0439. The molecule has 4 amide bonds. The molecule has 2 saturated heterocycles. The molecule has 4 heterocycles. The number of unbranched alkanes of at least 4 members (excludes halogenated alkanes) is 1. The van der Waals surface area contributed by atoms with E-state index in [9.17, 15) is 50.6 Å². The molecule has 3 N–H and O–H groups in total. The number of aryl methyl sites for hydroxylation is 1. The van der Waals surface area contributed by atoms with Crippen molar-refractivity contribution in [1.29, 1.82) is 5.26 Å². The zero-order valence-corrected chi connectivity index (χ0v) is 43.3. The third kappa shape index (κ3) is 13.6. The highest BCUT2D eigenvalue weighted by Gasteiger charge is 2.53.